The number of para-hydroxylation sites is 1. The first-order valence-electron chi connectivity index (χ1n) is 12.4. The summed E-state index contributed by atoms with van der Waals surface area (Å²) in [5, 5.41) is 3.36. The third-order valence-corrected chi connectivity index (χ3v) is 8.45. The van der Waals surface area contributed by atoms with Crippen LogP contribution in [0.4, 0.5) is 5.69 Å². The zero-order valence-corrected chi connectivity index (χ0v) is 24.3. The van der Waals surface area contributed by atoms with Gasteiger partial charge >= 0.3 is 0 Å². The highest BCUT2D eigenvalue weighted by molar-refractivity contribution is 7.92. The Labute approximate surface area is 239 Å². The number of hydrogen-bond donors (Lipinski definition) is 1. The highest BCUT2D eigenvalue weighted by Gasteiger charge is 2.33. The number of anilines is 1. The highest BCUT2D eigenvalue weighted by Crippen LogP contribution is 2.28. The molecule has 208 valence electrons. The van der Waals surface area contributed by atoms with Gasteiger partial charge in [0.15, 0.2) is 0 Å². The summed E-state index contributed by atoms with van der Waals surface area (Å²) >= 11 is 12.7. The fraction of sp³-hybridized carbons (Fsp3) is 0.286. The summed E-state index contributed by atoms with van der Waals surface area (Å²) in [7, 11) is -4.18. The first-order chi connectivity index (χ1) is 18.6. The number of halogens is 2. The molecule has 3 aromatic carbocycles. The van der Waals surface area contributed by atoms with Gasteiger partial charge in [-0.25, -0.2) is 8.42 Å². The largest absolute Gasteiger partial charge is 0.494 e. The molecule has 3 rings (SSSR count). The quantitative estimate of drug-likeness (QED) is 0.314. The summed E-state index contributed by atoms with van der Waals surface area (Å²) in [4.78, 5) is 27.9. The molecule has 0 aliphatic carbocycles. The fourth-order valence-corrected chi connectivity index (χ4v) is 5.81. The van der Waals surface area contributed by atoms with Crippen LogP contribution < -0.4 is 14.4 Å². The minimum atomic E-state index is -4.18. The van der Waals surface area contributed by atoms with Crippen LogP contribution in [0.25, 0.3) is 0 Å². The zero-order chi connectivity index (χ0) is 28.6. The van der Waals surface area contributed by atoms with Crippen molar-refractivity contribution in [3.8, 4) is 5.75 Å². The monoisotopic (exact) mass is 591 g/mol. The van der Waals surface area contributed by atoms with Gasteiger partial charge in [-0.3, -0.25) is 13.9 Å². The topological polar surface area (TPSA) is 96.0 Å². The second-order valence-corrected chi connectivity index (χ2v) is 11.2. The third-order valence-electron chi connectivity index (χ3n) is 5.95. The van der Waals surface area contributed by atoms with Crippen LogP contribution in [-0.2, 0) is 26.2 Å². The highest BCUT2D eigenvalue weighted by atomic mass is 35.5. The van der Waals surface area contributed by atoms with E-state index >= 15 is 0 Å². The van der Waals surface area contributed by atoms with Gasteiger partial charge in [-0.05, 0) is 69.3 Å². The Bertz CT molecular complexity index is 1370. The lowest BCUT2D eigenvalue weighted by molar-refractivity contribution is -0.139. The number of ether oxygens (including phenoxy) is 1. The molecule has 0 heterocycles. The van der Waals surface area contributed by atoms with Crippen molar-refractivity contribution < 1.29 is 22.7 Å². The molecule has 0 bridgehead atoms. The number of sulfonamides is 1. The van der Waals surface area contributed by atoms with Crippen molar-refractivity contribution in [2.45, 2.75) is 38.3 Å². The third kappa shape index (κ3) is 7.44. The molecule has 2 amide bonds. The van der Waals surface area contributed by atoms with Crippen LogP contribution in [0.15, 0.2) is 77.7 Å². The average Bonchev–Trinajstić information content (AvgIpc) is 2.92. The van der Waals surface area contributed by atoms with E-state index in [1.54, 1.807) is 74.5 Å². The van der Waals surface area contributed by atoms with E-state index in [1.165, 1.54) is 17.0 Å². The van der Waals surface area contributed by atoms with Crippen LogP contribution in [0.3, 0.4) is 0 Å². The molecule has 0 spiro atoms. The van der Waals surface area contributed by atoms with Crippen molar-refractivity contribution in [1.82, 2.24) is 10.2 Å². The Balaban J connectivity index is 2.03. The second-order valence-electron chi connectivity index (χ2n) is 8.54. The molecule has 0 saturated heterocycles. The molecular weight excluding hydrogens is 561 g/mol. The van der Waals surface area contributed by atoms with Crippen molar-refractivity contribution in [3.05, 3.63) is 88.4 Å². The summed E-state index contributed by atoms with van der Waals surface area (Å²) < 4.78 is 34.1. The standard InChI is InChI=1S/C28H31Cl2N3O5S/c1-4-31-28(35)20(3)32(18-24-25(29)12-9-13-26(24)30)27(34)19-33(21-10-7-6-8-11-21)39(36,37)23-16-14-22(15-17-23)38-5-2/h6-17,20H,4-5,18-19H2,1-3H3,(H,31,35)/t20-/m1/s1. The number of hydrogen-bond acceptors (Lipinski definition) is 5. The smallest absolute Gasteiger partial charge is 0.264 e. The number of nitrogens with one attached hydrogen (secondary N) is 1. The Morgan fingerprint density at radius 1 is 0.923 bits per heavy atom. The van der Waals surface area contributed by atoms with Crippen molar-refractivity contribution in [2.24, 2.45) is 0 Å². The van der Waals surface area contributed by atoms with Crippen molar-refractivity contribution >= 4 is 50.7 Å². The van der Waals surface area contributed by atoms with Gasteiger partial charge in [-0.15, -0.1) is 0 Å². The Morgan fingerprint density at radius 3 is 2.10 bits per heavy atom. The molecular formula is C28H31Cl2N3O5S. The Kier molecular flexibility index (Phi) is 10.6. The molecule has 39 heavy (non-hydrogen) atoms. The molecule has 3 aromatic rings. The Morgan fingerprint density at radius 2 is 1.54 bits per heavy atom. The van der Waals surface area contributed by atoms with Crippen LogP contribution in [-0.4, -0.2) is 50.9 Å². The predicted molar refractivity (Wildman–Crippen MR) is 154 cm³/mol. The van der Waals surface area contributed by atoms with Crippen molar-refractivity contribution in [2.75, 3.05) is 24.0 Å². The van der Waals surface area contributed by atoms with E-state index in [2.05, 4.69) is 5.32 Å². The lowest BCUT2D eigenvalue weighted by Gasteiger charge is -2.32. The number of amides is 2. The first kappa shape index (κ1) is 30.3. The summed E-state index contributed by atoms with van der Waals surface area (Å²) in [6, 6.07) is 18.3. The van der Waals surface area contributed by atoms with Crippen molar-refractivity contribution in [1.29, 1.82) is 0 Å². The second kappa shape index (κ2) is 13.7. The summed E-state index contributed by atoms with van der Waals surface area (Å²) in [5.74, 6) is -0.477. The summed E-state index contributed by atoms with van der Waals surface area (Å²) in [6.07, 6.45) is 0. The SMILES string of the molecule is CCNC(=O)[C@@H](C)N(Cc1c(Cl)cccc1Cl)C(=O)CN(c1ccccc1)S(=O)(=O)c1ccc(OCC)cc1. The van der Waals surface area contributed by atoms with Crippen LogP contribution in [0, 0.1) is 0 Å². The van der Waals surface area contributed by atoms with Crippen LogP contribution in [0.1, 0.15) is 26.3 Å². The number of carbonyl (C=O) groups excluding carboxylic acids is 2. The van der Waals surface area contributed by atoms with E-state index in [1.807, 2.05) is 6.92 Å². The predicted octanol–water partition coefficient (Wildman–Crippen LogP) is 5.14. The van der Waals surface area contributed by atoms with Crippen molar-refractivity contribution in [3.63, 3.8) is 0 Å². The molecule has 1 N–H and O–H groups in total. The van der Waals surface area contributed by atoms with E-state index < -0.39 is 34.4 Å². The molecule has 8 nitrogen and oxygen atoms in total. The van der Waals surface area contributed by atoms with E-state index in [0.29, 0.717) is 40.2 Å². The number of carbonyl (C=O) groups is 2. The lowest BCUT2D eigenvalue weighted by Crippen LogP contribution is -2.51. The molecule has 0 radical (unpaired) electrons. The number of benzene rings is 3. The number of likely N-dealkylation sites (N-methyl/N-ethyl adjacent to an activating group) is 1. The molecule has 0 aliphatic heterocycles. The summed E-state index contributed by atoms with van der Waals surface area (Å²) in [6.45, 7) is 5.30. The molecule has 11 heteroatoms. The normalized spacial score (nSPS) is 11.9. The van der Waals surface area contributed by atoms with Gasteiger partial charge in [-0.1, -0.05) is 47.5 Å². The zero-order valence-electron chi connectivity index (χ0n) is 21.9. The molecule has 0 fully saturated rings. The van der Waals surface area contributed by atoms with Gasteiger partial charge in [0.1, 0.15) is 18.3 Å². The van der Waals surface area contributed by atoms with E-state index in [0.717, 1.165) is 4.31 Å². The van der Waals surface area contributed by atoms with Crippen LogP contribution in [0.5, 0.6) is 5.75 Å². The molecule has 0 saturated carbocycles. The maximum atomic E-state index is 13.9. The van der Waals surface area contributed by atoms with Crippen LogP contribution in [0.2, 0.25) is 10.0 Å². The number of rotatable bonds is 12. The average molecular weight is 593 g/mol. The first-order valence-corrected chi connectivity index (χ1v) is 14.6. The van der Waals surface area contributed by atoms with Gasteiger partial charge in [0, 0.05) is 28.7 Å². The minimum Gasteiger partial charge on any atom is -0.494 e. The molecule has 0 aliphatic rings. The van der Waals surface area contributed by atoms with E-state index in [-0.39, 0.29) is 11.4 Å². The maximum Gasteiger partial charge on any atom is 0.264 e. The molecule has 0 aromatic heterocycles. The molecule has 1 atom stereocenters. The van der Waals surface area contributed by atoms with Gasteiger partial charge in [0.2, 0.25) is 11.8 Å². The maximum absolute atomic E-state index is 13.9. The van der Waals surface area contributed by atoms with E-state index in [4.69, 9.17) is 27.9 Å². The number of nitrogens with zero attached hydrogens (tertiary/aromatic N) is 2. The van der Waals surface area contributed by atoms with Crippen LogP contribution >= 0.6 is 23.2 Å². The van der Waals surface area contributed by atoms with Gasteiger partial charge in [0.05, 0.1) is 17.2 Å². The van der Waals surface area contributed by atoms with Gasteiger partial charge in [-0.2, -0.15) is 0 Å². The Hall–Kier alpha value is -3.27. The minimum absolute atomic E-state index is 0.0138. The fourth-order valence-electron chi connectivity index (χ4n) is 3.88. The summed E-state index contributed by atoms with van der Waals surface area (Å²) in [5.41, 5.74) is 0.743. The van der Waals surface area contributed by atoms with E-state index in [9.17, 15) is 18.0 Å². The van der Waals surface area contributed by atoms with Gasteiger partial charge < -0.3 is 15.0 Å². The van der Waals surface area contributed by atoms with Gasteiger partial charge in [0.25, 0.3) is 10.0 Å². The molecule has 0 unspecified atom stereocenters. The lowest BCUT2D eigenvalue weighted by atomic mass is 10.1.